The molecule has 0 heterocycles. The molecule has 0 radical (unpaired) electrons. The molecular formula is C34H41F3. The first-order chi connectivity index (χ1) is 18.0. The molecule has 198 valence electrons. The highest BCUT2D eigenvalue weighted by Crippen LogP contribution is 2.39. The van der Waals surface area contributed by atoms with Crippen LogP contribution in [-0.2, 0) is 6.42 Å². The predicted molar refractivity (Wildman–Crippen MR) is 149 cm³/mol. The highest BCUT2D eigenvalue weighted by atomic mass is 19.2. The second-order valence-corrected chi connectivity index (χ2v) is 10.9. The van der Waals surface area contributed by atoms with Crippen molar-refractivity contribution in [1.82, 2.24) is 0 Å². The Morgan fingerprint density at radius 3 is 1.95 bits per heavy atom. The molecule has 3 aromatic rings. The lowest BCUT2D eigenvalue weighted by molar-refractivity contribution is 0.301. The van der Waals surface area contributed by atoms with Gasteiger partial charge in [-0.15, -0.1) is 0 Å². The van der Waals surface area contributed by atoms with E-state index in [-0.39, 0.29) is 11.4 Å². The minimum atomic E-state index is -0.819. The lowest BCUT2D eigenvalue weighted by Crippen LogP contribution is -2.13. The summed E-state index contributed by atoms with van der Waals surface area (Å²) in [6, 6.07) is 16.0. The van der Waals surface area contributed by atoms with Crippen molar-refractivity contribution in [2.75, 3.05) is 0 Å². The Hall–Kier alpha value is -2.55. The van der Waals surface area contributed by atoms with Gasteiger partial charge in [0.15, 0.2) is 11.6 Å². The summed E-state index contributed by atoms with van der Waals surface area (Å²) in [6.45, 7) is 4.20. The van der Waals surface area contributed by atoms with E-state index in [1.807, 2.05) is 13.0 Å². The fourth-order valence-electron chi connectivity index (χ4n) is 5.94. The van der Waals surface area contributed by atoms with Crippen LogP contribution in [0.2, 0.25) is 0 Å². The van der Waals surface area contributed by atoms with Gasteiger partial charge in [0.05, 0.1) is 0 Å². The lowest BCUT2D eigenvalue weighted by atomic mass is 9.77. The molecule has 1 saturated carbocycles. The molecule has 0 amide bonds. The van der Waals surface area contributed by atoms with Gasteiger partial charge < -0.3 is 0 Å². The van der Waals surface area contributed by atoms with Crippen molar-refractivity contribution in [3.05, 3.63) is 83.2 Å². The maximum atomic E-state index is 15.2. The van der Waals surface area contributed by atoms with Gasteiger partial charge in [0.1, 0.15) is 5.82 Å². The molecular weight excluding hydrogens is 465 g/mol. The van der Waals surface area contributed by atoms with Crippen molar-refractivity contribution >= 4 is 0 Å². The zero-order chi connectivity index (χ0) is 26.2. The number of aryl methyl sites for hydroxylation is 1. The van der Waals surface area contributed by atoms with E-state index in [1.54, 1.807) is 42.5 Å². The number of benzene rings is 3. The average Bonchev–Trinajstić information content (AvgIpc) is 2.92. The van der Waals surface area contributed by atoms with Gasteiger partial charge in [0, 0.05) is 11.1 Å². The monoisotopic (exact) mass is 506 g/mol. The van der Waals surface area contributed by atoms with Crippen molar-refractivity contribution in [1.29, 1.82) is 0 Å². The van der Waals surface area contributed by atoms with Crippen LogP contribution in [0, 0.1) is 23.4 Å². The van der Waals surface area contributed by atoms with Crippen LogP contribution in [0.3, 0.4) is 0 Å². The first-order valence-electron chi connectivity index (χ1n) is 14.4. The summed E-state index contributed by atoms with van der Waals surface area (Å²) >= 11 is 0. The SMILES string of the molecule is CCCCCCCC1CCC(c2ccc(-c3ccc(-c4ccc(CCC)c(F)c4F)cc3)c(F)c2)CC1. The van der Waals surface area contributed by atoms with Crippen LogP contribution in [0.4, 0.5) is 13.2 Å². The van der Waals surface area contributed by atoms with E-state index in [0.29, 0.717) is 29.0 Å². The molecule has 37 heavy (non-hydrogen) atoms. The van der Waals surface area contributed by atoms with Gasteiger partial charge in [0.2, 0.25) is 0 Å². The highest BCUT2D eigenvalue weighted by molar-refractivity contribution is 5.71. The van der Waals surface area contributed by atoms with Crippen LogP contribution >= 0.6 is 0 Å². The first kappa shape index (κ1) is 27.5. The van der Waals surface area contributed by atoms with Crippen LogP contribution in [0.25, 0.3) is 22.3 Å². The van der Waals surface area contributed by atoms with Gasteiger partial charge in [0.25, 0.3) is 0 Å². The van der Waals surface area contributed by atoms with Gasteiger partial charge >= 0.3 is 0 Å². The van der Waals surface area contributed by atoms with E-state index in [2.05, 4.69) is 13.0 Å². The summed E-state index contributed by atoms with van der Waals surface area (Å²) in [5.41, 5.74) is 3.60. The second-order valence-electron chi connectivity index (χ2n) is 10.9. The normalized spacial score (nSPS) is 17.8. The Kier molecular flexibility index (Phi) is 9.88. The zero-order valence-electron chi connectivity index (χ0n) is 22.5. The van der Waals surface area contributed by atoms with E-state index < -0.39 is 11.6 Å². The summed E-state index contributed by atoms with van der Waals surface area (Å²) in [5.74, 6) is -0.534. The molecule has 0 atom stereocenters. The predicted octanol–water partition coefficient (Wildman–Crippen LogP) is 11.0. The number of hydrogen-bond donors (Lipinski definition) is 0. The van der Waals surface area contributed by atoms with Crippen molar-refractivity contribution in [2.45, 2.75) is 96.8 Å². The number of rotatable bonds is 11. The van der Waals surface area contributed by atoms with Crippen molar-refractivity contribution < 1.29 is 13.2 Å². The van der Waals surface area contributed by atoms with Crippen LogP contribution < -0.4 is 0 Å². The molecule has 4 rings (SSSR count). The van der Waals surface area contributed by atoms with E-state index >= 15 is 4.39 Å². The molecule has 0 N–H and O–H groups in total. The number of halogens is 3. The fraction of sp³-hybridized carbons (Fsp3) is 0.471. The Morgan fingerprint density at radius 2 is 1.30 bits per heavy atom. The van der Waals surface area contributed by atoms with E-state index in [9.17, 15) is 8.78 Å². The van der Waals surface area contributed by atoms with Crippen LogP contribution in [0.1, 0.15) is 102 Å². The molecule has 0 saturated heterocycles. The summed E-state index contributed by atoms with van der Waals surface area (Å²) in [6.07, 6.45) is 14.1. The number of unbranched alkanes of at least 4 members (excludes halogenated alkanes) is 4. The van der Waals surface area contributed by atoms with Crippen LogP contribution in [-0.4, -0.2) is 0 Å². The summed E-state index contributed by atoms with van der Waals surface area (Å²) in [5, 5.41) is 0. The van der Waals surface area contributed by atoms with Gasteiger partial charge in [-0.2, -0.15) is 0 Å². The molecule has 3 aromatic carbocycles. The topological polar surface area (TPSA) is 0 Å². The Bertz CT molecular complexity index is 1140. The van der Waals surface area contributed by atoms with Gasteiger partial charge in [-0.25, -0.2) is 13.2 Å². The molecule has 0 aromatic heterocycles. The number of hydrogen-bond acceptors (Lipinski definition) is 0. The third-order valence-electron chi connectivity index (χ3n) is 8.22. The van der Waals surface area contributed by atoms with Gasteiger partial charge in [-0.1, -0.05) is 107 Å². The zero-order valence-corrected chi connectivity index (χ0v) is 22.5. The molecule has 0 bridgehead atoms. The highest BCUT2D eigenvalue weighted by Gasteiger charge is 2.23. The quantitative estimate of drug-likeness (QED) is 0.227. The summed E-state index contributed by atoms with van der Waals surface area (Å²) < 4.78 is 44.3. The third-order valence-corrected chi connectivity index (χ3v) is 8.22. The fourth-order valence-corrected chi connectivity index (χ4v) is 5.94. The van der Waals surface area contributed by atoms with E-state index in [4.69, 9.17) is 0 Å². The van der Waals surface area contributed by atoms with Gasteiger partial charge in [-0.05, 0) is 72.3 Å². The van der Waals surface area contributed by atoms with Crippen molar-refractivity contribution in [2.24, 2.45) is 5.92 Å². The van der Waals surface area contributed by atoms with Gasteiger partial charge in [-0.3, -0.25) is 0 Å². The maximum absolute atomic E-state index is 15.2. The largest absolute Gasteiger partial charge is 0.206 e. The molecule has 1 aliphatic carbocycles. The molecule has 0 spiro atoms. The molecule has 0 unspecified atom stereocenters. The van der Waals surface area contributed by atoms with Crippen LogP contribution in [0.5, 0.6) is 0 Å². The molecule has 3 heteroatoms. The molecule has 0 nitrogen and oxygen atoms in total. The minimum absolute atomic E-state index is 0.218. The lowest BCUT2D eigenvalue weighted by Gasteiger charge is -2.29. The maximum Gasteiger partial charge on any atom is 0.166 e. The second kappa shape index (κ2) is 13.3. The Morgan fingerprint density at radius 1 is 0.649 bits per heavy atom. The van der Waals surface area contributed by atoms with Crippen LogP contribution in [0.15, 0.2) is 54.6 Å². The standard InChI is InChI=1S/C34H41F3/c1-3-5-6-7-8-10-24-11-13-25(14-12-24)29-20-21-30(32(35)23-29)26-15-17-27(18-16-26)31-22-19-28(9-4-2)33(36)34(31)37/h15-25H,3-14H2,1-2H3. The van der Waals surface area contributed by atoms with Crippen molar-refractivity contribution in [3.8, 4) is 22.3 Å². The van der Waals surface area contributed by atoms with E-state index in [0.717, 1.165) is 36.3 Å². The average molecular weight is 507 g/mol. The Balaban J connectivity index is 1.38. The molecule has 1 fully saturated rings. The molecule has 1 aliphatic rings. The summed E-state index contributed by atoms with van der Waals surface area (Å²) in [4.78, 5) is 0. The minimum Gasteiger partial charge on any atom is -0.206 e. The van der Waals surface area contributed by atoms with Crippen molar-refractivity contribution in [3.63, 3.8) is 0 Å². The smallest absolute Gasteiger partial charge is 0.166 e. The Labute approximate surface area is 221 Å². The molecule has 0 aliphatic heterocycles. The van der Waals surface area contributed by atoms with E-state index in [1.165, 1.54) is 51.4 Å². The summed E-state index contributed by atoms with van der Waals surface area (Å²) in [7, 11) is 0. The first-order valence-corrected chi connectivity index (χ1v) is 14.4. The third kappa shape index (κ3) is 6.86.